The Balaban J connectivity index is 1.04. The number of phenolic OH excluding ortho intramolecular Hbond substituents is 1. The number of aliphatic carboxylic acids is 2. The Bertz CT molecular complexity index is 4090. The summed E-state index contributed by atoms with van der Waals surface area (Å²) in [5.41, 5.74) is 9.93. The van der Waals surface area contributed by atoms with Crippen LogP contribution in [0, 0.1) is 17.8 Å². The predicted molar refractivity (Wildman–Crippen MR) is 407 cm³/mol. The first-order valence-electron chi connectivity index (χ1n) is 36.0. The van der Waals surface area contributed by atoms with Crippen molar-refractivity contribution < 1.29 is 77.6 Å². The molecule has 0 saturated carbocycles. The zero-order chi connectivity index (χ0) is 79.6. The topological polar surface area (TPSA) is 505 Å². The highest BCUT2D eigenvalue weighted by Gasteiger charge is 2.42. The fraction of sp³-hybridized carbons (Fsp3) is 0.473. The number of amides is 11. The molecule has 11 amide bonds. The minimum absolute atomic E-state index is 0.0133. The lowest BCUT2D eigenvalue weighted by Crippen LogP contribution is -2.61. The van der Waals surface area contributed by atoms with Gasteiger partial charge in [0.2, 0.25) is 65.0 Å². The molecule has 35 heteroatoms. The summed E-state index contributed by atoms with van der Waals surface area (Å²) in [6.45, 7) is 10.4. The van der Waals surface area contributed by atoms with Crippen LogP contribution in [0.25, 0.3) is 10.9 Å². The fourth-order valence-corrected chi connectivity index (χ4v) is 13.0. The van der Waals surface area contributed by atoms with Gasteiger partial charge >= 0.3 is 11.9 Å². The number of benzene rings is 3. The van der Waals surface area contributed by atoms with E-state index in [1.165, 1.54) is 54.2 Å². The van der Waals surface area contributed by atoms with Gasteiger partial charge in [0.1, 0.15) is 72.2 Å². The molecule has 13 atom stereocenters. The Labute approximate surface area is 640 Å². The van der Waals surface area contributed by atoms with Crippen LogP contribution in [0.4, 0.5) is 0 Å². The molecule has 588 valence electrons. The van der Waals surface area contributed by atoms with E-state index >= 15 is 0 Å². The maximum atomic E-state index is 14.7. The normalized spacial score (nSPS) is 16.1. The number of aromatic nitrogens is 5. The molecule has 109 heavy (non-hydrogen) atoms. The van der Waals surface area contributed by atoms with Gasteiger partial charge in [-0.2, -0.15) is 25.3 Å². The first-order valence-corrected chi connectivity index (χ1v) is 37.3. The summed E-state index contributed by atoms with van der Waals surface area (Å²) in [7, 11) is 0. The number of hydrogen-bond acceptors (Lipinski definition) is 19. The SMILES string of the molecule is CC[C@H](C)[C@H](NC(=O)[C@H](Cc1cnc[nH]1)NC(=O)[C@H](CS)NC(=O)[C@H](CC(C)C)NC(=O)[C@H](CC(=O)O)NC(=O)[C@H](Cc1ccc(O)cc1)NC(=O)[C@@H]1CCCN1C(=O)[C@H](CS)NC(=O)[C@H](Cc1cnc[nH]1)NC(=O)[C@H](Cc1ccccc1)NC(=O)[C@@H](N)Cc1c[nH]c2ccccc12)C(=O)N[C@@H](CC(C)C)C(=O)O. The van der Waals surface area contributed by atoms with Crippen molar-refractivity contribution in [3.63, 3.8) is 0 Å². The molecular formula is C74H99N17O16S2. The van der Waals surface area contributed by atoms with Crippen LogP contribution in [0.15, 0.2) is 110 Å². The number of nitrogens with one attached hydrogen (secondary N) is 13. The van der Waals surface area contributed by atoms with E-state index < -0.39 is 162 Å². The third kappa shape index (κ3) is 25.7. The van der Waals surface area contributed by atoms with Crippen LogP contribution >= 0.6 is 25.3 Å². The molecular weight excluding hydrogens is 1450 g/mol. The number of carbonyl (C=O) groups excluding carboxylic acids is 11. The molecule has 7 rings (SSSR count). The number of likely N-dealkylation sites (tertiary alicyclic amines) is 1. The summed E-state index contributed by atoms with van der Waals surface area (Å²) in [6.07, 6.45) is 6.29. The van der Waals surface area contributed by atoms with Crippen molar-refractivity contribution in [2.75, 3.05) is 18.1 Å². The summed E-state index contributed by atoms with van der Waals surface area (Å²) in [4.78, 5) is 201. The van der Waals surface area contributed by atoms with Gasteiger partial charge in [0, 0.05) is 84.6 Å². The first-order chi connectivity index (χ1) is 51.9. The lowest BCUT2D eigenvalue weighted by atomic mass is 9.96. The van der Waals surface area contributed by atoms with Gasteiger partial charge in [0.15, 0.2) is 0 Å². The summed E-state index contributed by atoms with van der Waals surface area (Å²) in [6, 6.07) is 4.78. The Hall–Kier alpha value is -10.8. The molecule has 1 saturated heterocycles. The number of carboxylic acid groups (broad SMARTS) is 2. The minimum Gasteiger partial charge on any atom is -0.508 e. The van der Waals surface area contributed by atoms with E-state index in [1.54, 1.807) is 78.1 Å². The number of carbonyl (C=O) groups is 13. The van der Waals surface area contributed by atoms with Crippen LogP contribution in [0.1, 0.15) is 108 Å². The van der Waals surface area contributed by atoms with Gasteiger partial charge in [0.25, 0.3) is 0 Å². The second-order valence-corrected chi connectivity index (χ2v) is 28.7. The van der Waals surface area contributed by atoms with E-state index in [0.29, 0.717) is 28.9 Å². The molecule has 0 bridgehead atoms. The fourth-order valence-electron chi connectivity index (χ4n) is 12.5. The number of nitrogens with two attached hydrogens (primary N) is 1. The number of aromatic amines is 3. The minimum atomic E-state index is -1.94. The number of H-pyrrole nitrogens is 3. The zero-order valence-corrected chi connectivity index (χ0v) is 63.2. The van der Waals surface area contributed by atoms with Crippen molar-refractivity contribution >= 4 is 113 Å². The monoisotopic (exact) mass is 1550 g/mol. The molecule has 1 aliphatic heterocycles. The van der Waals surface area contributed by atoms with Gasteiger partial charge < -0.3 is 94.1 Å². The van der Waals surface area contributed by atoms with Gasteiger partial charge in [-0.05, 0) is 84.7 Å². The summed E-state index contributed by atoms with van der Waals surface area (Å²) >= 11 is 8.76. The lowest BCUT2D eigenvalue weighted by molar-refractivity contribution is -0.143. The number of thiol groups is 2. The molecule has 4 heterocycles. The Morgan fingerprint density at radius 1 is 0.523 bits per heavy atom. The number of rotatable bonds is 42. The molecule has 0 spiro atoms. The summed E-state index contributed by atoms with van der Waals surface area (Å²) < 4.78 is 0. The van der Waals surface area contributed by atoms with Crippen LogP contribution in [-0.2, 0) is 94.4 Å². The van der Waals surface area contributed by atoms with Gasteiger partial charge in [-0.25, -0.2) is 14.8 Å². The number of carboxylic acids is 2. The maximum Gasteiger partial charge on any atom is 0.326 e. The molecule has 6 aromatic rings. The van der Waals surface area contributed by atoms with E-state index in [4.69, 9.17) is 5.73 Å². The van der Waals surface area contributed by atoms with Crippen molar-refractivity contribution in [3.8, 4) is 5.75 Å². The van der Waals surface area contributed by atoms with E-state index in [1.807, 2.05) is 24.3 Å². The number of hydrogen-bond donors (Lipinski definition) is 19. The summed E-state index contributed by atoms with van der Waals surface area (Å²) in [5, 5.41) is 57.2. The van der Waals surface area contributed by atoms with Crippen molar-refractivity contribution in [3.05, 3.63) is 138 Å². The van der Waals surface area contributed by atoms with E-state index in [9.17, 15) is 77.6 Å². The molecule has 3 aromatic heterocycles. The van der Waals surface area contributed by atoms with Crippen LogP contribution < -0.4 is 58.9 Å². The Morgan fingerprint density at radius 2 is 0.991 bits per heavy atom. The third-order valence-corrected chi connectivity index (χ3v) is 19.2. The third-order valence-electron chi connectivity index (χ3n) is 18.5. The van der Waals surface area contributed by atoms with Crippen molar-refractivity contribution in [1.29, 1.82) is 0 Å². The quantitative estimate of drug-likeness (QED) is 0.0233. The largest absolute Gasteiger partial charge is 0.508 e. The van der Waals surface area contributed by atoms with Crippen LogP contribution in [0.2, 0.25) is 0 Å². The summed E-state index contributed by atoms with van der Waals surface area (Å²) in [5.74, 6) is -14.4. The van der Waals surface area contributed by atoms with Crippen LogP contribution in [-0.4, -0.2) is 213 Å². The number of para-hydroxylation sites is 1. The van der Waals surface area contributed by atoms with E-state index in [-0.39, 0.29) is 93.4 Å². The molecule has 0 aliphatic carbocycles. The number of aromatic hydroxyl groups is 1. The van der Waals surface area contributed by atoms with E-state index in [2.05, 4.69) is 103 Å². The highest BCUT2D eigenvalue weighted by Crippen LogP contribution is 2.23. The highest BCUT2D eigenvalue weighted by atomic mass is 32.1. The Morgan fingerprint density at radius 3 is 1.54 bits per heavy atom. The molecule has 0 radical (unpaired) electrons. The molecule has 1 fully saturated rings. The predicted octanol–water partition coefficient (Wildman–Crippen LogP) is 0.556. The molecule has 0 unspecified atom stereocenters. The molecule has 3 aromatic carbocycles. The number of nitrogens with zero attached hydrogens (tertiary/aromatic N) is 3. The molecule has 1 aliphatic rings. The standard InChI is InChI=1S/C74H99N17O16S2/c1-7-41(6)62(72(104)87-57(74(106)107)25-40(4)5)90-69(101)55(30-46-34-77-38-80-46)84-70(102)58(35-108)88-64(96)51(24-39(2)3)82-68(100)56(31-61(93)94)85-66(98)53(27-43-19-21-47(92)22-20-43)86-71(103)60-18-13-23-91(60)73(105)59(36-109)89-67(99)54(29-45-33-76-37-79-45)83-65(97)52(26-42-14-9-8-10-15-42)81-63(95)49(75)28-44-32-78-50-17-12-11-16-48(44)50/h8-12,14-17,19-22,32-34,37-41,49,51-60,62,78,92,108-109H,7,13,18,23-31,35-36,75H2,1-6H3,(H,76,79)(H,77,80)(H,81,95)(H,82,100)(H,83,97)(H,84,102)(H,85,98)(H,86,103)(H,87,104)(H,88,96)(H,89,99)(H,90,101)(H,93,94)(H,106,107)/t41-,49-,51-,52-,53-,54-,55-,56-,57-,58-,59-,60-,62-/m0/s1. The highest BCUT2D eigenvalue weighted by molar-refractivity contribution is 7.80. The molecule has 33 nitrogen and oxygen atoms in total. The number of fused-ring (bicyclic) bond motifs is 1. The lowest BCUT2D eigenvalue weighted by Gasteiger charge is -2.31. The zero-order valence-electron chi connectivity index (χ0n) is 61.4. The average molecular weight is 1550 g/mol. The smallest absolute Gasteiger partial charge is 0.326 e. The first kappa shape index (κ1) is 85.4. The molecule has 18 N–H and O–H groups in total. The van der Waals surface area contributed by atoms with Gasteiger partial charge in [-0.3, -0.25) is 57.5 Å². The van der Waals surface area contributed by atoms with E-state index in [0.717, 1.165) is 16.5 Å². The van der Waals surface area contributed by atoms with Gasteiger partial charge in [-0.1, -0.05) is 109 Å². The van der Waals surface area contributed by atoms with Crippen molar-refractivity contribution in [2.45, 2.75) is 185 Å². The van der Waals surface area contributed by atoms with Gasteiger partial charge in [0.05, 0.1) is 25.1 Å². The maximum absolute atomic E-state index is 14.7. The second-order valence-electron chi connectivity index (χ2n) is 28.0. The van der Waals surface area contributed by atoms with Crippen molar-refractivity contribution in [2.24, 2.45) is 23.5 Å². The average Bonchev–Trinajstić information content (AvgIpc) is 1.72. The number of phenols is 1. The van der Waals surface area contributed by atoms with Gasteiger partial charge in [-0.15, -0.1) is 0 Å². The Kier molecular flexibility index (Phi) is 32.5. The van der Waals surface area contributed by atoms with Crippen molar-refractivity contribution in [1.82, 2.24) is 83.0 Å². The number of imidazole rings is 2. The van der Waals surface area contributed by atoms with Crippen LogP contribution in [0.3, 0.4) is 0 Å². The second kappa shape index (κ2) is 41.5. The van der Waals surface area contributed by atoms with Crippen LogP contribution in [0.5, 0.6) is 5.75 Å².